The highest BCUT2D eigenvalue weighted by molar-refractivity contribution is 6.36. The molecule has 0 aliphatic carbocycles. The first-order valence-electron chi connectivity index (χ1n) is 8.09. The third kappa shape index (κ3) is 5.64. The minimum Gasteiger partial charge on any atom is -0.494 e. The van der Waals surface area contributed by atoms with Crippen molar-refractivity contribution < 1.29 is 14.3 Å². The fourth-order valence-electron chi connectivity index (χ4n) is 2.28. The lowest BCUT2D eigenvalue weighted by Crippen LogP contribution is -2.37. The number of halogens is 2. The van der Waals surface area contributed by atoms with E-state index >= 15 is 0 Å². The number of ether oxygens (including phenoxy) is 1. The van der Waals surface area contributed by atoms with Gasteiger partial charge in [-0.25, -0.2) is 0 Å². The number of likely N-dealkylation sites (N-methyl/N-ethyl adjacent to an activating group) is 1. The molecule has 0 aliphatic heterocycles. The molecule has 5 nitrogen and oxygen atoms in total. The molecular weight excluding hydrogens is 375 g/mol. The Hall–Kier alpha value is -2.24. The summed E-state index contributed by atoms with van der Waals surface area (Å²) in [6.45, 7) is 2.84. The van der Waals surface area contributed by atoms with Crippen LogP contribution in [-0.4, -0.2) is 36.9 Å². The Morgan fingerprint density at radius 3 is 2.42 bits per heavy atom. The van der Waals surface area contributed by atoms with E-state index in [9.17, 15) is 9.59 Å². The second kappa shape index (κ2) is 9.46. The van der Waals surface area contributed by atoms with Crippen molar-refractivity contribution >= 4 is 35.0 Å². The molecule has 0 heterocycles. The van der Waals surface area contributed by atoms with Crippen molar-refractivity contribution in [2.24, 2.45) is 0 Å². The van der Waals surface area contributed by atoms with Crippen LogP contribution in [0.15, 0.2) is 42.5 Å². The molecule has 2 amide bonds. The number of amides is 2. The third-order valence-corrected chi connectivity index (χ3v) is 4.20. The first-order chi connectivity index (χ1) is 12.4. The van der Waals surface area contributed by atoms with Gasteiger partial charge < -0.3 is 15.0 Å². The Bertz CT molecular complexity index is 779. The number of benzene rings is 2. The summed E-state index contributed by atoms with van der Waals surface area (Å²) in [5.41, 5.74) is 1.24. The zero-order valence-electron chi connectivity index (χ0n) is 14.6. The fraction of sp³-hybridized carbons (Fsp3) is 0.263. The van der Waals surface area contributed by atoms with Crippen molar-refractivity contribution in [2.45, 2.75) is 13.5 Å². The Kier molecular flexibility index (Phi) is 7.30. The van der Waals surface area contributed by atoms with E-state index in [1.54, 1.807) is 18.0 Å². The van der Waals surface area contributed by atoms with Gasteiger partial charge in [-0.2, -0.15) is 0 Å². The van der Waals surface area contributed by atoms with Crippen molar-refractivity contribution in [3.63, 3.8) is 0 Å². The zero-order chi connectivity index (χ0) is 19.1. The maximum absolute atomic E-state index is 12.2. The molecule has 0 atom stereocenters. The Labute approximate surface area is 162 Å². The Morgan fingerprint density at radius 1 is 1.12 bits per heavy atom. The summed E-state index contributed by atoms with van der Waals surface area (Å²) in [5, 5.41) is 3.26. The maximum atomic E-state index is 12.2. The van der Waals surface area contributed by atoms with Crippen molar-refractivity contribution in [1.29, 1.82) is 0 Å². The normalized spacial score (nSPS) is 10.3. The number of hydrogen-bond acceptors (Lipinski definition) is 3. The second-order valence-corrected chi connectivity index (χ2v) is 6.48. The highest BCUT2D eigenvalue weighted by Crippen LogP contribution is 2.20. The van der Waals surface area contributed by atoms with Crippen LogP contribution < -0.4 is 10.1 Å². The molecule has 0 fully saturated rings. The van der Waals surface area contributed by atoms with Crippen LogP contribution in [0.4, 0.5) is 0 Å². The Balaban J connectivity index is 1.87. The van der Waals surface area contributed by atoms with E-state index in [-0.39, 0.29) is 23.0 Å². The van der Waals surface area contributed by atoms with E-state index in [0.29, 0.717) is 18.2 Å². The lowest BCUT2D eigenvalue weighted by molar-refractivity contribution is -0.129. The average molecular weight is 395 g/mol. The summed E-state index contributed by atoms with van der Waals surface area (Å²) >= 11 is 11.8. The van der Waals surface area contributed by atoms with Gasteiger partial charge in [0.2, 0.25) is 5.91 Å². The molecule has 1 N–H and O–H groups in total. The molecule has 0 aliphatic rings. The molecule has 26 heavy (non-hydrogen) atoms. The molecule has 0 aromatic heterocycles. The molecule has 2 aromatic rings. The van der Waals surface area contributed by atoms with Gasteiger partial charge in [-0.15, -0.1) is 0 Å². The van der Waals surface area contributed by atoms with Gasteiger partial charge in [0.25, 0.3) is 5.91 Å². The highest BCUT2D eigenvalue weighted by Gasteiger charge is 2.14. The topological polar surface area (TPSA) is 58.6 Å². The van der Waals surface area contributed by atoms with Crippen molar-refractivity contribution in [1.82, 2.24) is 10.2 Å². The van der Waals surface area contributed by atoms with Crippen LogP contribution in [-0.2, 0) is 11.3 Å². The van der Waals surface area contributed by atoms with Gasteiger partial charge in [0.15, 0.2) is 0 Å². The van der Waals surface area contributed by atoms with Crippen LogP contribution in [0.1, 0.15) is 22.8 Å². The molecule has 0 saturated carbocycles. The summed E-state index contributed by atoms with van der Waals surface area (Å²) in [7, 11) is 1.68. The Morgan fingerprint density at radius 2 is 1.81 bits per heavy atom. The van der Waals surface area contributed by atoms with Crippen molar-refractivity contribution in [3.05, 3.63) is 63.6 Å². The minimum absolute atomic E-state index is 0.120. The van der Waals surface area contributed by atoms with E-state index in [2.05, 4.69) is 5.32 Å². The summed E-state index contributed by atoms with van der Waals surface area (Å²) in [6.07, 6.45) is 0. The van der Waals surface area contributed by atoms with Gasteiger partial charge in [-0.05, 0) is 42.8 Å². The predicted octanol–water partition coefficient (Wildman–Crippen LogP) is 3.78. The number of rotatable bonds is 7. The van der Waals surface area contributed by atoms with Crippen molar-refractivity contribution in [3.8, 4) is 5.75 Å². The quantitative estimate of drug-likeness (QED) is 0.776. The molecule has 0 spiro atoms. The zero-order valence-corrected chi connectivity index (χ0v) is 16.1. The average Bonchev–Trinajstić information content (AvgIpc) is 2.61. The molecule has 0 radical (unpaired) electrons. The van der Waals surface area contributed by atoms with Gasteiger partial charge >= 0.3 is 0 Å². The van der Waals surface area contributed by atoms with Crippen LogP contribution in [0, 0.1) is 0 Å². The van der Waals surface area contributed by atoms with E-state index in [0.717, 1.165) is 11.3 Å². The lowest BCUT2D eigenvalue weighted by atomic mass is 10.2. The summed E-state index contributed by atoms with van der Waals surface area (Å²) < 4.78 is 5.39. The van der Waals surface area contributed by atoms with Gasteiger partial charge in [-0.1, -0.05) is 35.3 Å². The summed E-state index contributed by atoms with van der Waals surface area (Å²) in [6, 6.07) is 12.1. The van der Waals surface area contributed by atoms with Crippen LogP contribution in [0.2, 0.25) is 10.0 Å². The second-order valence-electron chi connectivity index (χ2n) is 5.63. The number of nitrogens with zero attached hydrogens (tertiary/aromatic N) is 1. The molecule has 138 valence electrons. The molecule has 0 bridgehead atoms. The minimum atomic E-state index is -0.422. The van der Waals surface area contributed by atoms with E-state index < -0.39 is 5.91 Å². The van der Waals surface area contributed by atoms with Crippen LogP contribution in [0.25, 0.3) is 0 Å². The first kappa shape index (κ1) is 20.1. The van der Waals surface area contributed by atoms with Gasteiger partial charge in [0.05, 0.1) is 23.7 Å². The first-order valence-corrected chi connectivity index (χ1v) is 8.85. The molecule has 7 heteroatoms. The smallest absolute Gasteiger partial charge is 0.253 e. The molecule has 0 unspecified atom stereocenters. The fourth-order valence-corrected chi connectivity index (χ4v) is 2.77. The van der Waals surface area contributed by atoms with Crippen LogP contribution >= 0.6 is 23.2 Å². The van der Waals surface area contributed by atoms with E-state index in [4.69, 9.17) is 27.9 Å². The lowest BCUT2D eigenvalue weighted by Gasteiger charge is -2.18. The maximum Gasteiger partial charge on any atom is 0.253 e. The van der Waals surface area contributed by atoms with Crippen LogP contribution in [0.5, 0.6) is 5.75 Å². The molecule has 2 rings (SSSR count). The van der Waals surface area contributed by atoms with Gasteiger partial charge in [0, 0.05) is 18.6 Å². The third-order valence-electron chi connectivity index (χ3n) is 3.66. The summed E-state index contributed by atoms with van der Waals surface area (Å²) in [4.78, 5) is 25.9. The summed E-state index contributed by atoms with van der Waals surface area (Å²) in [5.74, 6) is 0.157. The predicted molar refractivity (Wildman–Crippen MR) is 103 cm³/mol. The van der Waals surface area contributed by atoms with Gasteiger partial charge in [0.1, 0.15) is 5.75 Å². The number of carbonyl (C=O) groups is 2. The van der Waals surface area contributed by atoms with E-state index in [1.807, 2.05) is 31.2 Å². The monoisotopic (exact) mass is 394 g/mol. The molecule has 0 saturated heterocycles. The van der Waals surface area contributed by atoms with Gasteiger partial charge in [-0.3, -0.25) is 9.59 Å². The van der Waals surface area contributed by atoms with Crippen molar-refractivity contribution in [2.75, 3.05) is 20.2 Å². The number of nitrogens with one attached hydrogen (secondary N) is 1. The number of hydrogen-bond donors (Lipinski definition) is 1. The van der Waals surface area contributed by atoms with E-state index in [1.165, 1.54) is 12.1 Å². The van der Waals surface area contributed by atoms with Crippen LogP contribution in [0.3, 0.4) is 0 Å². The largest absolute Gasteiger partial charge is 0.494 e. The standard InChI is InChI=1S/C19H20Cl2N2O3/c1-3-26-15-7-4-13(5-8-15)12-23(2)18(24)11-22-19(25)16-9-6-14(20)10-17(16)21/h4-10H,3,11-12H2,1-2H3,(H,22,25). The SMILES string of the molecule is CCOc1ccc(CN(C)C(=O)CNC(=O)c2ccc(Cl)cc2Cl)cc1. The highest BCUT2D eigenvalue weighted by atomic mass is 35.5. The molecular formula is C19H20Cl2N2O3. The molecule has 2 aromatic carbocycles. The number of carbonyl (C=O) groups excluding carboxylic acids is 2.